The predicted molar refractivity (Wildman–Crippen MR) is 469 cm³/mol. The van der Waals surface area contributed by atoms with E-state index in [2.05, 4.69) is 34.6 Å². The molecule has 0 rings (SSSR count). The van der Waals surface area contributed by atoms with Crippen molar-refractivity contribution in [1.29, 1.82) is 0 Å². The molecule has 0 aromatic heterocycles. The molecule has 17 nitrogen and oxygen atoms in total. The van der Waals surface area contributed by atoms with Crippen LogP contribution in [0.15, 0.2) is 0 Å². The molecule has 672 valence electrons. The van der Waals surface area contributed by atoms with Crippen molar-refractivity contribution in [3.05, 3.63) is 0 Å². The van der Waals surface area contributed by atoms with Gasteiger partial charge in [0, 0.05) is 25.7 Å². The third kappa shape index (κ3) is 86.3. The van der Waals surface area contributed by atoms with Crippen LogP contribution >= 0.6 is 15.6 Å². The van der Waals surface area contributed by atoms with Gasteiger partial charge in [-0.05, 0) is 31.6 Å². The smallest absolute Gasteiger partial charge is 0.462 e. The van der Waals surface area contributed by atoms with E-state index in [9.17, 15) is 43.2 Å². The Labute approximate surface area is 696 Å². The van der Waals surface area contributed by atoms with Crippen molar-refractivity contribution in [1.82, 2.24) is 0 Å². The molecule has 0 aliphatic carbocycles. The van der Waals surface area contributed by atoms with Gasteiger partial charge in [-0.1, -0.05) is 465 Å². The summed E-state index contributed by atoms with van der Waals surface area (Å²) in [6, 6.07) is 0. The predicted octanol–water partition coefficient (Wildman–Crippen LogP) is 29.5. The van der Waals surface area contributed by atoms with E-state index in [-0.39, 0.29) is 25.7 Å². The first-order chi connectivity index (χ1) is 55.1. The lowest BCUT2D eigenvalue weighted by molar-refractivity contribution is -0.161. The fourth-order valence-corrected chi connectivity index (χ4v) is 16.4. The molecule has 0 aromatic carbocycles. The number of aliphatic hydroxyl groups is 1. The van der Waals surface area contributed by atoms with Crippen molar-refractivity contribution in [2.75, 3.05) is 39.6 Å². The number of rotatable bonds is 94. The Morgan fingerprint density at radius 3 is 0.628 bits per heavy atom. The van der Waals surface area contributed by atoms with E-state index in [0.29, 0.717) is 25.7 Å². The first kappa shape index (κ1) is 111. The summed E-state index contributed by atoms with van der Waals surface area (Å²) in [5, 5.41) is 10.7. The Morgan fingerprint density at radius 1 is 0.248 bits per heavy atom. The molecule has 0 bridgehead atoms. The standard InChI is InChI=1S/C94H184O17P2/c1-6-10-13-16-19-22-25-28-30-32-33-34-35-36-41-44-48-53-58-63-68-73-78-92(97)105-84-90(111-94(99)80-75-70-65-60-55-50-46-42-38-37-40-43-47-51-56-61-66-71-76-87(5)9-4)86-109-113(102,103)107-82-88(95)81-106-112(100,101)108-85-89(83-104-91(96)77-72-67-62-57-52-27-24-21-18-15-12-8-3)110-93(98)79-74-69-64-59-54-49-45-39-31-29-26-23-20-17-14-11-7-2/h87-90,95H,6-86H2,1-5H3,(H,100,101)(H,102,103)/t87?,88-,89+,90+/m0/s1. The van der Waals surface area contributed by atoms with Crippen LogP contribution < -0.4 is 0 Å². The topological polar surface area (TPSA) is 237 Å². The summed E-state index contributed by atoms with van der Waals surface area (Å²) in [5.41, 5.74) is 0. The van der Waals surface area contributed by atoms with E-state index in [1.54, 1.807) is 0 Å². The second-order valence-electron chi connectivity index (χ2n) is 34.0. The Hall–Kier alpha value is -1.94. The van der Waals surface area contributed by atoms with Crippen molar-refractivity contribution in [2.45, 2.75) is 534 Å². The van der Waals surface area contributed by atoms with Crippen molar-refractivity contribution < 1.29 is 80.2 Å². The van der Waals surface area contributed by atoms with E-state index in [4.69, 9.17) is 37.0 Å². The van der Waals surface area contributed by atoms with Crippen LogP contribution in [0, 0.1) is 5.92 Å². The van der Waals surface area contributed by atoms with Crippen LogP contribution in [0.1, 0.15) is 516 Å². The van der Waals surface area contributed by atoms with Gasteiger partial charge in [-0.3, -0.25) is 37.3 Å². The highest BCUT2D eigenvalue weighted by molar-refractivity contribution is 7.47. The molecule has 0 saturated heterocycles. The van der Waals surface area contributed by atoms with Gasteiger partial charge in [0.15, 0.2) is 12.2 Å². The fraction of sp³-hybridized carbons (Fsp3) is 0.957. The van der Waals surface area contributed by atoms with Crippen LogP contribution in [0.5, 0.6) is 0 Å². The highest BCUT2D eigenvalue weighted by Gasteiger charge is 2.31. The number of hydrogen-bond donors (Lipinski definition) is 3. The molecule has 113 heavy (non-hydrogen) atoms. The van der Waals surface area contributed by atoms with E-state index >= 15 is 0 Å². The summed E-state index contributed by atoms with van der Waals surface area (Å²) >= 11 is 0. The van der Waals surface area contributed by atoms with Gasteiger partial charge in [0.25, 0.3) is 0 Å². The van der Waals surface area contributed by atoms with E-state index < -0.39 is 97.5 Å². The molecule has 0 aromatic rings. The molecule has 0 amide bonds. The van der Waals surface area contributed by atoms with E-state index in [1.165, 1.54) is 340 Å². The third-order valence-electron chi connectivity index (χ3n) is 22.6. The van der Waals surface area contributed by atoms with Gasteiger partial charge in [-0.15, -0.1) is 0 Å². The zero-order chi connectivity index (χ0) is 82.6. The minimum Gasteiger partial charge on any atom is -0.462 e. The number of phosphoric acid groups is 2. The summed E-state index contributed by atoms with van der Waals surface area (Å²) in [6.45, 7) is 7.48. The lowest BCUT2D eigenvalue weighted by Crippen LogP contribution is -2.30. The summed E-state index contributed by atoms with van der Waals surface area (Å²) < 4.78 is 69.2. The number of carbonyl (C=O) groups excluding carboxylic acids is 4. The minimum absolute atomic E-state index is 0.109. The van der Waals surface area contributed by atoms with Crippen molar-refractivity contribution in [3.8, 4) is 0 Å². The average Bonchev–Trinajstić information content (AvgIpc) is 0.898. The fourth-order valence-electron chi connectivity index (χ4n) is 14.9. The number of hydrogen-bond acceptors (Lipinski definition) is 15. The number of ether oxygens (including phenoxy) is 4. The van der Waals surface area contributed by atoms with Crippen molar-refractivity contribution in [3.63, 3.8) is 0 Å². The zero-order valence-corrected chi connectivity index (χ0v) is 76.3. The number of phosphoric ester groups is 2. The summed E-state index contributed by atoms with van der Waals surface area (Å²) in [5.74, 6) is -1.22. The maximum absolute atomic E-state index is 13.2. The van der Waals surface area contributed by atoms with Crippen molar-refractivity contribution >= 4 is 39.5 Å². The largest absolute Gasteiger partial charge is 0.472 e. The number of unbranched alkanes of at least 4 members (excludes halogenated alkanes) is 65. The highest BCUT2D eigenvalue weighted by atomic mass is 31.2. The first-order valence-corrected chi connectivity index (χ1v) is 51.7. The quantitative estimate of drug-likeness (QED) is 0.0222. The molecule has 6 atom stereocenters. The normalized spacial score (nSPS) is 13.9. The Morgan fingerprint density at radius 2 is 0.425 bits per heavy atom. The van der Waals surface area contributed by atoms with Gasteiger partial charge in [0.05, 0.1) is 26.4 Å². The van der Waals surface area contributed by atoms with Gasteiger partial charge in [0.1, 0.15) is 19.3 Å². The summed E-state index contributed by atoms with van der Waals surface area (Å²) in [7, 11) is -9.94. The molecule has 0 radical (unpaired) electrons. The molecule has 0 aliphatic rings. The van der Waals surface area contributed by atoms with Crippen LogP contribution in [0.3, 0.4) is 0 Å². The lowest BCUT2D eigenvalue weighted by Gasteiger charge is -2.21. The van der Waals surface area contributed by atoms with E-state index in [0.717, 1.165) is 95.8 Å². The molecule has 19 heteroatoms. The van der Waals surface area contributed by atoms with Crippen LogP contribution in [-0.4, -0.2) is 96.7 Å². The van der Waals surface area contributed by atoms with Crippen molar-refractivity contribution in [2.24, 2.45) is 5.92 Å². The summed E-state index contributed by atoms with van der Waals surface area (Å²) in [6.07, 6.45) is 83.4. The Balaban J connectivity index is 5.23. The number of carbonyl (C=O) groups is 4. The van der Waals surface area contributed by atoms with Crippen LogP contribution in [-0.2, 0) is 65.4 Å². The van der Waals surface area contributed by atoms with E-state index in [1.807, 2.05) is 0 Å². The lowest BCUT2D eigenvalue weighted by atomic mass is 9.99. The molecule has 0 aliphatic heterocycles. The molecule has 0 saturated carbocycles. The van der Waals surface area contributed by atoms with Gasteiger partial charge < -0.3 is 33.8 Å². The molecule has 3 N–H and O–H groups in total. The van der Waals surface area contributed by atoms with Gasteiger partial charge in [-0.25, -0.2) is 9.13 Å². The SMILES string of the molecule is CCCCCCCCCCCCCCCCCCCCCCCCC(=O)OC[C@H](COP(=O)(O)OC[C@@H](O)COP(=O)(O)OC[C@@H](COC(=O)CCCCCCCCCCCCCC)OC(=O)CCCCCCCCCCCCCCCCCCC)OC(=O)CCCCCCCCCCCCCCCCCCCCC(C)CC. The molecule has 0 heterocycles. The second kappa shape index (κ2) is 86.4. The van der Waals surface area contributed by atoms with Gasteiger partial charge in [-0.2, -0.15) is 0 Å². The molecule has 0 spiro atoms. The van der Waals surface area contributed by atoms with Gasteiger partial charge >= 0.3 is 39.5 Å². The molecular formula is C94H184O17P2. The average molecular weight is 1650 g/mol. The van der Waals surface area contributed by atoms with Crippen LogP contribution in [0.25, 0.3) is 0 Å². The monoisotopic (exact) mass is 1650 g/mol. The number of aliphatic hydroxyl groups excluding tert-OH is 1. The zero-order valence-electron chi connectivity index (χ0n) is 74.5. The van der Waals surface area contributed by atoms with Crippen LogP contribution in [0.2, 0.25) is 0 Å². The Kier molecular flexibility index (Phi) is 85.0. The molecule has 3 unspecified atom stereocenters. The maximum atomic E-state index is 13.2. The third-order valence-corrected chi connectivity index (χ3v) is 24.5. The maximum Gasteiger partial charge on any atom is 0.472 e. The minimum atomic E-state index is -4.97. The second-order valence-corrected chi connectivity index (χ2v) is 36.9. The van der Waals surface area contributed by atoms with Crippen LogP contribution in [0.4, 0.5) is 0 Å². The number of esters is 4. The first-order valence-electron chi connectivity index (χ1n) is 48.7. The Bertz CT molecular complexity index is 2140. The summed E-state index contributed by atoms with van der Waals surface area (Å²) in [4.78, 5) is 73.5. The molecular weight excluding hydrogens is 1460 g/mol. The highest BCUT2D eigenvalue weighted by Crippen LogP contribution is 2.45. The molecule has 0 fully saturated rings. The van der Waals surface area contributed by atoms with Gasteiger partial charge in [0.2, 0.25) is 0 Å².